The number of benzene rings is 1. The zero-order chi connectivity index (χ0) is 20.3. The summed E-state index contributed by atoms with van der Waals surface area (Å²) in [5.74, 6) is 0.903. The van der Waals surface area contributed by atoms with Gasteiger partial charge in [-0.2, -0.15) is 4.31 Å². The van der Waals surface area contributed by atoms with Crippen molar-refractivity contribution in [2.24, 2.45) is 0 Å². The lowest BCUT2D eigenvalue weighted by Crippen LogP contribution is -2.51. The van der Waals surface area contributed by atoms with Gasteiger partial charge in [-0.05, 0) is 30.7 Å². The number of fused-ring (bicyclic) bond motifs is 1. The largest absolute Gasteiger partial charge is 0.459 e. The van der Waals surface area contributed by atoms with Gasteiger partial charge >= 0.3 is 0 Å². The quantitative estimate of drug-likeness (QED) is 0.405. The minimum atomic E-state index is -3.32. The predicted molar refractivity (Wildman–Crippen MR) is 115 cm³/mol. The van der Waals surface area contributed by atoms with Crippen LogP contribution < -0.4 is 0 Å². The summed E-state index contributed by atoms with van der Waals surface area (Å²) in [5.41, 5.74) is 0.981. The number of aromatic nitrogens is 1. The second-order valence-corrected chi connectivity index (χ2v) is 11.1. The van der Waals surface area contributed by atoms with E-state index in [1.807, 2.05) is 24.3 Å². The molecular weight excluding hydrogens is 430 g/mol. The third kappa shape index (κ3) is 4.82. The first-order valence-electron chi connectivity index (χ1n) is 9.32. The van der Waals surface area contributed by atoms with Gasteiger partial charge in [0.05, 0.1) is 22.2 Å². The highest BCUT2D eigenvalue weighted by atomic mass is 32.2. The molecule has 1 amide bonds. The van der Waals surface area contributed by atoms with Gasteiger partial charge in [-0.15, -0.1) is 11.3 Å². The van der Waals surface area contributed by atoms with E-state index in [4.69, 9.17) is 4.42 Å². The Bertz CT molecular complexity index is 1040. The standard InChI is InChI=1S/C19H21N3O4S3/c23-18(16-6-3-12-26-16)21-8-10-22(11-9-21)29(24,25)14-4-13-27-19-20-15-5-1-2-7-17(15)28-19/h1-3,5-7,12H,4,8-11,13-14H2. The summed E-state index contributed by atoms with van der Waals surface area (Å²) in [6, 6.07) is 11.3. The van der Waals surface area contributed by atoms with Crippen molar-refractivity contribution < 1.29 is 17.6 Å². The van der Waals surface area contributed by atoms with Gasteiger partial charge in [-0.3, -0.25) is 4.79 Å². The van der Waals surface area contributed by atoms with Crippen LogP contribution in [-0.2, 0) is 10.0 Å². The lowest BCUT2D eigenvalue weighted by Gasteiger charge is -2.33. The van der Waals surface area contributed by atoms with E-state index >= 15 is 0 Å². The molecule has 0 bridgehead atoms. The van der Waals surface area contributed by atoms with Crippen LogP contribution in [0.2, 0.25) is 0 Å². The zero-order valence-electron chi connectivity index (χ0n) is 15.7. The first-order chi connectivity index (χ1) is 14.0. The van der Waals surface area contributed by atoms with Crippen LogP contribution in [0, 0.1) is 0 Å². The van der Waals surface area contributed by atoms with E-state index < -0.39 is 10.0 Å². The van der Waals surface area contributed by atoms with Crippen LogP contribution in [0.5, 0.6) is 0 Å². The molecule has 29 heavy (non-hydrogen) atoms. The van der Waals surface area contributed by atoms with Crippen molar-refractivity contribution in [1.29, 1.82) is 0 Å². The maximum absolute atomic E-state index is 12.6. The Hall–Kier alpha value is -1.88. The molecule has 1 aliphatic rings. The molecule has 0 spiro atoms. The highest BCUT2D eigenvalue weighted by molar-refractivity contribution is 8.01. The fourth-order valence-corrected chi connectivity index (χ4v) is 6.92. The van der Waals surface area contributed by atoms with Crippen LogP contribution in [0.1, 0.15) is 17.0 Å². The summed E-state index contributed by atoms with van der Waals surface area (Å²) in [7, 11) is -3.32. The number of rotatable bonds is 7. The average Bonchev–Trinajstić information content (AvgIpc) is 3.40. The third-order valence-electron chi connectivity index (χ3n) is 4.70. The summed E-state index contributed by atoms with van der Waals surface area (Å²) in [6.07, 6.45) is 2.02. The average molecular weight is 452 g/mol. The van der Waals surface area contributed by atoms with Gasteiger partial charge in [0.2, 0.25) is 10.0 Å². The van der Waals surface area contributed by atoms with E-state index in [1.54, 1.807) is 40.1 Å². The summed E-state index contributed by atoms with van der Waals surface area (Å²) in [5, 5.41) is 0. The smallest absolute Gasteiger partial charge is 0.289 e. The molecule has 3 aromatic rings. The lowest BCUT2D eigenvalue weighted by molar-refractivity contribution is 0.0666. The molecule has 0 atom stereocenters. The van der Waals surface area contributed by atoms with Crippen LogP contribution in [0.25, 0.3) is 10.2 Å². The molecule has 0 unspecified atom stereocenters. The molecule has 1 aromatic carbocycles. The number of furan rings is 1. The van der Waals surface area contributed by atoms with Gasteiger partial charge < -0.3 is 9.32 Å². The van der Waals surface area contributed by atoms with Crippen molar-refractivity contribution in [3.05, 3.63) is 48.4 Å². The zero-order valence-corrected chi connectivity index (χ0v) is 18.1. The number of amides is 1. The number of nitrogens with zero attached hydrogens (tertiary/aromatic N) is 3. The fourth-order valence-electron chi connectivity index (χ4n) is 3.17. The van der Waals surface area contributed by atoms with Crippen LogP contribution in [0.4, 0.5) is 0 Å². The molecule has 1 fully saturated rings. The van der Waals surface area contributed by atoms with E-state index in [2.05, 4.69) is 4.98 Å². The van der Waals surface area contributed by atoms with Crippen LogP contribution in [0.3, 0.4) is 0 Å². The molecular formula is C19H21N3O4S3. The maximum Gasteiger partial charge on any atom is 0.289 e. The topological polar surface area (TPSA) is 83.7 Å². The monoisotopic (exact) mass is 451 g/mol. The molecule has 10 heteroatoms. The second-order valence-electron chi connectivity index (χ2n) is 6.63. The molecule has 0 saturated carbocycles. The van der Waals surface area contributed by atoms with E-state index in [0.717, 1.165) is 14.6 Å². The highest BCUT2D eigenvalue weighted by Gasteiger charge is 2.29. The second kappa shape index (κ2) is 8.86. The van der Waals surface area contributed by atoms with Gasteiger partial charge in [0.15, 0.2) is 10.1 Å². The van der Waals surface area contributed by atoms with Crippen molar-refractivity contribution in [3.8, 4) is 0 Å². The van der Waals surface area contributed by atoms with E-state index in [9.17, 15) is 13.2 Å². The van der Waals surface area contributed by atoms with Crippen molar-refractivity contribution in [3.63, 3.8) is 0 Å². The number of thioether (sulfide) groups is 1. The highest BCUT2D eigenvalue weighted by Crippen LogP contribution is 2.29. The first-order valence-corrected chi connectivity index (χ1v) is 12.7. The summed E-state index contributed by atoms with van der Waals surface area (Å²) < 4.78 is 34.0. The summed E-state index contributed by atoms with van der Waals surface area (Å²) in [6.45, 7) is 1.39. The number of carbonyl (C=O) groups excluding carboxylic acids is 1. The number of hydrogen-bond donors (Lipinski definition) is 0. The molecule has 0 radical (unpaired) electrons. The van der Waals surface area contributed by atoms with Crippen molar-refractivity contribution in [2.45, 2.75) is 10.8 Å². The molecule has 4 rings (SSSR count). The van der Waals surface area contributed by atoms with Crippen molar-refractivity contribution >= 4 is 49.2 Å². The van der Waals surface area contributed by atoms with E-state index in [-0.39, 0.29) is 17.4 Å². The molecule has 154 valence electrons. The Morgan fingerprint density at radius 1 is 1.14 bits per heavy atom. The normalized spacial score (nSPS) is 15.8. The van der Waals surface area contributed by atoms with E-state index in [0.29, 0.717) is 38.4 Å². The minimum absolute atomic E-state index is 0.108. The number of carbonyl (C=O) groups is 1. The van der Waals surface area contributed by atoms with Gasteiger partial charge in [-0.1, -0.05) is 23.9 Å². The number of piperazine rings is 1. The summed E-state index contributed by atoms with van der Waals surface area (Å²) >= 11 is 3.23. The molecule has 0 N–H and O–H groups in total. The van der Waals surface area contributed by atoms with Gasteiger partial charge in [0.1, 0.15) is 0 Å². The van der Waals surface area contributed by atoms with Gasteiger partial charge in [0.25, 0.3) is 5.91 Å². The number of para-hydroxylation sites is 1. The number of hydrogen-bond acceptors (Lipinski definition) is 7. The van der Waals surface area contributed by atoms with Crippen molar-refractivity contribution in [1.82, 2.24) is 14.2 Å². The number of sulfonamides is 1. The van der Waals surface area contributed by atoms with Crippen LogP contribution >= 0.6 is 23.1 Å². The molecule has 1 saturated heterocycles. The third-order valence-corrected chi connectivity index (χ3v) is 8.92. The molecule has 1 aliphatic heterocycles. The minimum Gasteiger partial charge on any atom is -0.459 e. The SMILES string of the molecule is O=C(c1ccco1)N1CCN(S(=O)(=O)CCCSc2nc3ccccc3s2)CC1. The van der Waals surface area contributed by atoms with Crippen LogP contribution in [-0.4, -0.2) is 66.2 Å². The Morgan fingerprint density at radius 3 is 2.66 bits per heavy atom. The Kier molecular flexibility index (Phi) is 6.23. The maximum atomic E-state index is 12.6. The Labute approximate surface area is 177 Å². The van der Waals surface area contributed by atoms with Gasteiger partial charge in [0, 0.05) is 31.9 Å². The lowest BCUT2D eigenvalue weighted by atomic mass is 10.3. The molecule has 3 heterocycles. The van der Waals surface area contributed by atoms with Crippen LogP contribution in [0.15, 0.2) is 51.4 Å². The Balaban J connectivity index is 1.23. The molecule has 0 aliphatic carbocycles. The Morgan fingerprint density at radius 2 is 1.93 bits per heavy atom. The first kappa shape index (κ1) is 20.4. The molecule has 7 nitrogen and oxygen atoms in total. The van der Waals surface area contributed by atoms with Gasteiger partial charge in [-0.25, -0.2) is 13.4 Å². The molecule has 2 aromatic heterocycles. The fraction of sp³-hybridized carbons (Fsp3) is 0.368. The number of thiazole rings is 1. The van der Waals surface area contributed by atoms with Crippen molar-refractivity contribution in [2.75, 3.05) is 37.7 Å². The van der Waals surface area contributed by atoms with E-state index in [1.165, 1.54) is 10.6 Å². The summed E-state index contributed by atoms with van der Waals surface area (Å²) in [4.78, 5) is 18.5. The predicted octanol–water partition coefficient (Wildman–Crippen LogP) is 3.16.